The highest BCUT2D eigenvalue weighted by atomic mass is 35.5. The van der Waals surface area contributed by atoms with E-state index in [1.807, 2.05) is 0 Å². The van der Waals surface area contributed by atoms with Gasteiger partial charge < -0.3 is 9.84 Å². The molecule has 1 aromatic carbocycles. The molecule has 0 aromatic heterocycles. The number of halogens is 3. The Morgan fingerprint density at radius 1 is 1.12 bits per heavy atom. The summed E-state index contributed by atoms with van der Waals surface area (Å²) in [4.78, 5) is 14.4. The second-order valence-electron chi connectivity index (χ2n) is 6.71. The number of ether oxygens (including phenoxy) is 1. The monoisotopic (exact) mass is 407 g/mol. The molecule has 0 radical (unpaired) electrons. The number of hydrogen-bond donors (Lipinski definition) is 1. The van der Waals surface area contributed by atoms with Crippen LogP contribution in [0.1, 0.15) is 38.5 Å². The van der Waals surface area contributed by atoms with Crippen LogP contribution in [-0.4, -0.2) is 41.2 Å². The lowest BCUT2D eigenvalue weighted by Crippen LogP contribution is -2.49. The molecule has 1 aliphatic heterocycles. The van der Waals surface area contributed by atoms with E-state index in [1.54, 1.807) is 18.2 Å². The summed E-state index contributed by atoms with van der Waals surface area (Å²) >= 11 is 12.0. The smallest absolute Gasteiger partial charge is 0.345 e. The minimum atomic E-state index is -0.905. The maximum Gasteiger partial charge on any atom is 0.345 e. The summed E-state index contributed by atoms with van der Waals surface area (Å²) in [6.07, 6.45) is 5.72. The van der Waals surface area contributed by atoms with Crippen molar-refractivity contribution in [3.05, 3.63) is 28.2 Å². The summed E-state index contributed by atoms with van der Waals surface area (Å²) in [7, 11) is 0. The number of carboxylic acid groups (broad SMARTS) is 1. The van der Waals surface area contributed by atoms with Gasteiger partial charge in [-0.3, -0.25) is 4.90 Å². The number of nitrogens with zero attached hydrogens (tertiary/aromatic N) is 1. The molecular weight excluding hydrogens is 385 g/mol. The number of carbonyl (C=O) groups is 1. The number of rotatable bonds is 5. The predicted octanol–water partition coefficient (Wildman–Crippen LogP) is 4.90. The normalized spacial score (nSPS) is 25.2. The van der Waals surface area contributed by atoms with E-state index in [-0.39, 0.29) is 18.3 Å². The first kappa shape index (κ1) is 20.6. The molecule has 25 heavy (non-hydrogen) atoms. The quantitative estimate of drug-likeness (QED) is 0.752. The fourth-order valence-corrected chi connectivity index (χ4v) is 4.33. The molecule has 0 amide bonds. The van der Waals surface area contributed by atoms with Crippen LogP contribution in [0, 0.1) is 5.92 Å². The highest BCUT2D eigenvalue weighted by molar-refractivity contribution is 6.42. The van der Waals surface area contributed by atoms with E-state index in [1.165, 1.54) is 12.8 Å². The second-order valence-corrected chi connectivity index (χ2v) is 7.53. The summed E-state index contributed by atoms with van der Waals surface area (Å²) in [5.41, 5.74) is 0. The summed E-state index contributed by atoms with van der Waals surface area (Å²) in [5.74, 6) is -0.441. The van der Waals surface area contributed by atoms with E-state index in [2.05, 4.69) is 4.90 Å². The van der Waals surface area contributed by atoms with Gasteiger partial charge in [0.1, 0.15) is 5.75 Å². The molecule has 1 aliphatic carbocycles. The Balaban J connectivity index is 0.00000225. The number of likely N-dealkylation sites (tertiary alicyclic amines) is 1. The standard InChI is InChI=1S/C18H23Cl2NO3.ClH/c19-14-8-7-12(11-15(14)20)24-17(18(22)23)13-5-1-2-6-16(13)21-9-3-4-10-21;/h7-8,11,13,16-17H,1-6,9-10H2,(H,22,23);1H. The zero-order valence-electron chi connectivity index (χ0n) is 14.0. The molecule has 2 fully saturated rings. The number of carboxylic acids is 1. The Bertz CT molecular complexity index is 593. The highest BCUT2D eigenvalue weighted by Gasteiger charge is 2.40. The van der Waals surface area contributed by atoms with Gasteiger partial charge in [-0.1, -0.05) is 36.0 Å². The van der Waals surface area contributed by atoms with Crippen LogP contribution in [0.2, 0.25) is 10.0 Å². The first-order valence-corrected chi connectivity index (χ1v) is 9.40. The molecule has 3 rings (SSSR count). The van der Waals surface area contributed by atoms with E-state index >= 15 is 0 Å². The maximum absolute atomic E-state index is 11.9. The first-order chi connectivity index (χ1) is 11.6. The molecule has 3 atom stereocenters. The van der Waals surface area contributed by atoms with Crippen LogP contribution in [-0.2, 0) is 4.79 Å². The SMILES string of the molecule is Cl.O=C(O)C(Oc1ccc(Cl)c(Cl)c1)C1CCCCC1N1CCCC1. The molecule has 0 bridgehead atoms. The number of benzene rings is 1. The minimum absolute atomic E-state index is 0. The molecule has 1 heterocycles. The van der Waals surface area contributed by atoms with E-state index < -0.39 is 12.1 Å². The summed E-state index contributed by atoms with van der Waals surface area (Å²) < 4.78 is 5.87. The van der Waals surface area contributed by atoms with Crippen LogP contribution < -0.4 is 4.74 Å². The average Bonchev–Trinajstić information content (AvgIpc) is 3.10. The third-order valence-corrected chi connectivity index (χ3v) is 5.92. The van der Waals surface area contributed by atoms with Crippen molar-refractivity contribution < 1.29 is 14.6 Å². The zero-order chi connectivity index (χ0) is 17.1. The molecule has 1 saturated carbocycles. The molecular formula is C18H24Cl3NO3. The second kappa shape index (κ2) is 9.31. The molecule has 2 aliphatic rings. The van der Waals surface area contributed by atoms with Crippen LogP contribution in [0.25, 0.3) is 0 Å². The molecule has 1 saturated heterocycles. The fourth-order valence-electron chi connectivity index (χ4n) is 4.04. The van der Waals surface area contributed by atoms with Crippen LogP contribution >= 0.6 is 35.6 Å². The number of aliphatic carboxylic acids is 1. The molecule has 1 aromatic rings. The lowest BCUT2D eigenvalue weighted by molar-refractivity contribution is -0.150. The van der Waals surface area contributed by atoms with Gasteiger partial charge in [-0.2, -0.15) is 0 Å². The average molecular weight is 409 g/mol. The van der Waals surface area contributed by atoms with Gasteiger partial charge in [-0.25, -0.2) is 4.79 Å². The molecule has 4 nitrogen and oxygen atoms in total. The third-order valence-electron chi connectivity index (χ3n) is 5.18. The van der Waals surface area contributed by atoms with Gasteiger partial charge in [-0.05, 0) is 50.9 Å². The van der Waals surface area contributed by atoms with E-state index in [0.717, 1.165) is 38.8 Å². The zero-order valence-corrected chi connectivity index (χ0v) is 16.3. The Kier molecular flexibility index (Phi) is 7.68. The molecule has 3 unspecified atom stereocenters. The van der Waals surface area contributed by atoms with Crippen molar-refractivity contribution in [2.24, 2.45) is 5.92 Å². The van der Waals surface area contributed by atoms with Crippen molar-refractivity contribution in [1.29, 1.82) is 0 Å². The lowest BCUT2D eigenvalue weighted by Gasteiger charge is -2.40. The third kappa shape index (κ3) is 4.94. The van der Waals surface area contributed by atoms with Gasteiger partial charge in [-0.15, -0.1) is 12.4 Å². The van der Waals surface area contributed by atoms with E-state index in [0.29, 0.717) is 21.8 Å². The van der Waals surface area contributed by atoms with Crippen LogP contribution in [0.3, 0.4) is 0 Å². The van der Waals surface area contributed by atoms with Crippen molar-refractivity contribution in [2.75, 3.05) is 13.1 Å². The molecule has 140 valence electrons. The first-order valence-electron chi connectivity index (χ1n) is 8.65. The Morgan fingerprint density at radius 2 is 1.80 bits per heavy atom. The summed E-state index contributed by atoms with van der Waals surface area (Å²) in [5, 5.41) is 10.6. The van der Waals surface area contributed by atoms with E-state index in [4.69, 9.17) is 27.9 Å². The van der Waals surface area contributed by atoms with Crippen LogP contribution in [0.5, 0.6) is 5.75 Å². The van der Waals surface area contributed by atoms with Gasteiger partial charge in [0, 0.05) is 18.0 Å². The van der Waals surface area contributed by atoms with Crippen molar-refractivity contribution in [3.63, 3.8) is 0 Å². The minimum Gasteiger partial charge on any atom is -0.478 e. The maximum atomic E-state index is 11.9. The van der Waals surface area contributed by atoms with Crippen molar-refractivity contribution in [3.8, 4) is 5.75 Å². The molecule has 1 N–H and O–H groups in total. The van der Waals surface area contributed by atoms with Crippen molar-refractivity contribution >= 4 is 41.6 Å². The highest BCUT2D eigenvalue weighted by Crippen LogP contribution is 2.35. The van der Waals surface area contributed by atoms with Gasteiger partial charge in [0.2, 0.25) is 0 Å². The van der Waals surface area contributed by atoms with Crippen LogP contribution in [0.4, 0.5) is 0 Å². The largest absolute Gasteiger partial charge is 0.478 e. The van der Waals surface area contributed by atoms with Gasteiger partial charge in [0.05, 0.1) is 10.0 Å². The van der Waals surface area contributed by atoms with Gasteiger partial charge >= 0.3 is 5.97 Å². The van der Waals surface area contributed by atoms with Crippen molar-refractivity contribution in [2.45, 2.75) is 50.7 Å². The topological polar surface area (TPSA) is 49.8 Å². The Hall–Kier alpha value is -0.680. The van der Waals surface area contributed by atoms with E-state index in [9.17, 15) is 9.90 Å². The molecule has 0 spiro atoms. The molecule has 7 heteroatoms. The summed E-state index contributed by atoms with van der Waals surface area (Å²) in [6.45, 7) is 2.14. The van der Waals surface area contributed by atoms with Crippen LogP contribution in [0.15, 0.2) is 18.2 Å². The lowest BCUT2D eigenvalue weighted by atomic mass is 9.80. The van der Waals surface area contributed by atoms with Gasteiger partial charge in [0.15, 0.2) is 6.10 Å². The Morgan fingerprint density at radius 3 is 2.44 bits per heavy atom. The number of hydrogen-bond acceptors (Lipinski definition) is 3. The predicted molar refractivity (Wildman–Crippen MR) is 102 cm³/mol. The van der Waals surface area contributed by atoms with Gasteiger partial charge in [0.25, 0.3) is 0 Å². The fraction of sp³-hybridized carbons (Fsp3) is 0.611. The summed E-state index contributed by atoms with van der Waals surface area (Å²) in [6, 6.07) is 5.20. The van der Waals surface area contributed by atoms with Crippen molar-refractivity contribution in [1.82, 2.24) is 4.90 Å². The Labute approximate surface area is 164 Å².